The minimum absolute atomic E-state index is 0.0851. The zero-order valence-electron chi connectivity index (χ0n) is 15.1. The van der Waals surface area contributed by atoms with E-state index in [2.05, 4.69) is 36.5 Å². The Kier molecular flexibility index (Phi) is 5.52. The molecule has 1 aromatic carbocycles. The van der Waals surface area contributed by atoms with Gasteiger partial charge in [0.25, 0.3) is 0 Å². The zero-order chi connectivity index (χ0) is 19.1. The number of quaternary nitrogens is 1. The lowest BCUT2D eigenvalue weighted by Crippen LogP contribution is -2.40. The lowest BCUT2D eigenvalue weighted by molar-refractivity contribution is -0.755. The number of fused-ring (bicyclic) bond motifs is 1. The predicted molar refractivity (Wildman–Crippen MR) is 118 cm³/mol. The van der Waals surface area contributed by atoms with Gasteiger partial charge >= 0.3 is 0 Å². The number of hydrogen-bond donors (Lipinski definition) is 0. The number of nitrogens with zero attached hydrogens (tertiary/aromatic N) is 2. The van der Waals surface area contributed by atoms with Gasteiger partial charge in [-0.05, 0) is 31.4 Å². The Balaban J connectivity index is 1.48. The molecule has 0 N–H and O–H groups in total. The van der Waals surface area contributed by atoms with Crippen molar-refractivity contribution >= 4 is 52.9 Å². The minimum atomic E-state index is -0.0851. The molecule has 3 aliphatic rings. The molecule has 1 saturated carbocycles. The Morgan fingerprint density at radius 3 is 2.78 bits per heavy atom. The highest BCUT2D eigenvalue weighted by Gasteiger charge is 2.50. The SMILES string of the molecule is C[N+]1(CC(CCC2=CC3CC3(Cl)C=C2)Sc2c(Cl)cccc2Cl)C=CN=C1. The van der Waals surface area contributed by atoms with E-state index in [1.54, 1.807) is 11.8 Å². The fraction of sp³-hybridized carbons (Fsp3) is 0.381. The molecule has 4 rings (SSSR count). The molecule has 1 heterocycles. The second kappa shape index (κ2) is 7.61. The summed E-state index contributed by atoms with van der Waals surface area (Å²) in [6.45, 7) is 0.937. The van der Waals surface area contributed by atoms with Crippen LogP contribution >= 0.6 is 46.6 Å². The molecule has 2 nitrogen and oxygen atoms in total. The van der Waals surface area contributed by atoms with Crippen LogP contribution in [0, 0.1) is 5.92 Å². The average molecular weight is 441 g/mol. The Hall–Kier alpha value is -0.710. The number of aliphatic imine (C=N–C) groups is 1. The van der Waals surface area contributed by atoms with Crippen LogP contribution < -0.4 is 0 Å². The van der Waals surface area contributed by atoms with Crippen LogP contribution in [-0.4, -0.2) is 34.5 Å². The largest absolute Gasteiger partial charge is 0.255 e. The second-order valence-corrected chi connectivity index (χ2v) is 10.6. The number of halogens is 3. The first-order valence-corrected chi connectivity index (χ1v) is 11.1. The Morgan fingerprint density at radius 1 is 1.33 bits per heavy atom. The molecule has 142 valence electrons. The van der Waals surface area contributed by atoms with Gasteiger partial charge in [0.15, 0.2) is 6.34 Å². The summed E-state index contributed by atoms with van der Waals surface area (Å²) in [5, 5.41) is 1.79. The van der Waals surface area contributed by atoms with Gasteiger partial charge < -0.3 is 0 Å². The molecular weight excluding hydrogens is 419 g/mol. The molecule has 0 bridgehead atoms. The van der Waals surface area contributed by atoms with Crippen molar-refractivity contribution in [2.75, 3.05) is 13.6 Å². The van der Waals surface area contributed by atoms with E-state index in [9.17, 15) is 0 Å². The quantitative estimate of drug-likeness (QED) is 0.261. The van der Waals surface area contributed by atoms with Crippen molar-refractivity contribution in [3.8, 4) is 0 Å². The smallest absolute Gasteiger partial charge is 0.194 e. The van der Waals surface area contributed by atoms with Crippen molar-refractivity contribution in [3.63, 3.8) is 0 Å². The van der Waals surface area contributed by atoms with Crippen LogP contribution in [0.5, 0.6) is 0 Å². The average Bonchev–Trinajstić information content (AvgIpc) is 3.12. The molecule has 0 saturated heterocycles. The monoisotopic (exact) mass is 439 g/mol. The first-order valence-electron chi connectivity index (χ1n) is 9.13. The molecule has 4 unspecified atom stereocenters. The number of alkyl halides is 1. The topological polar surface area (TPSA) is 12.4 Å². The van der Waals surface area contributed by atoms with E-state index in [1.165, 1.54) is 5.57 Å². The fourth-order valence-electron chi connectivity index (χ4n) is 3.64. The van der Waals surface area contributed by atoms with Crippen LogP contribution in [0.25, 0.3) is 0 Å². The molecule has 0 aromatic heterocycles. The second-order valence-electron chi connectivity index (χ2n) is 7.73. The maximum atomic E-state index is 6.46. The van der Waals surface area contributed by atoms with E-state index in [0.717, 1.165) is 30.7 Å². The lowest BCUT2D eigenvalue weighted by atomic mass is 10.0. The maximum Gasteiger partial charge on any atom is 0.194 e. The molecule has 0 spiro atoms. The molecular formula is C21H22Cl3N2S+. The highest BCUT2D eigenvalue weighted by Crippen LogP contribution is 2.54. The van der Waals surface area contributed by atoms with E-state index in [4.69, 9.17) is 34.8 Å². The first kappa shape index (κ1) is 19.6. The highest BCUT2D eigenvalue weighted by atomic mass is 35.5. The molecule has 1 aromatic rings. The maximum absolute atomic E-state index is 6.46. The van der Waals surface area contributed by atoms with Gasteiger partial charge in [0.05, 0.1) is 33.4 Å². The number of thioether (sulfide) groups is 1. The van der Waals surface area contributed by atoms with E-state index in [0.29, 0.717) is 25.7 Å². The van der Waals surface area contributed by atoms with Crippen molar-refractivity contribution in [2.24, 2.45) is 10.9 Å². The summed E-state index contributed by atoms with van der Waals surface area (Å²) < 4.78 is 0.696. The summed E-state index contributed by atoms with van der Waals surface area (Å²) in [6, 6.07) is 5.69. The Labute approximate surface area is 180 Å². The summed E-state index contributed by atoms with van der Waals surface area (Å²) in [5.74, 6) is 0.515. The molecule has 1 fully saturated rings. The molecule has 2 aliphatic carbocycles. The van der Waals surface area contributed by atoms with E-state index in [1.807, 2.05) is 30.7 Å². The van der Waals surface area contributed by atoms with Crippen LogP contribution in [0.2, 0.25) is 10.0 Å². The number of rotatable bonds is 7. The standard InChI is InChI=1S/C21H22Cl3N2S/c1-26(10-9-25-14-26)13-17(27-20-18(22)3-2-4-19(20)23)6-5-15-7-8-21(24)12-16(21)11-15/h2-4,7-11,14,16-17H,5-6,12-13H2,1H3/q+1. The van der Waals surface area contributed by atoms with Gasteiger partial charge in [-0.15, -0.1) is 23.4 Å². The van der Waals surface area contributed by atoms with Crippen LogP contribution in [0.4, 0.5) is 0 Å². The van der Waals surface area contributed by atoms with Crippen LogP contribution in [-0.2, 0) is 0 Å². The molecule has 1 aliphatic heterocycles. The third-order valence-corrected chi connectivity index (χ3v) is 8.17. The van der Waals surface area contributed by atoms with Gasteiger partial charge in [-0.3, -0.25) is 4.48 Å². The van der Waals surface area contributed by atoms with Crippen molar-refractivity contribution in [3.05, 3.63) is 64.4 Å². The summed E-state index contributed by atoms with van der Waals surface area (Å²) in [6.07, 6.45) is 15.8. The number of benzene rings is 1. The molecule has 27 heavy (non-hydrogen) atoms. The summed E-state index contributed by atoms with van der Waals surface area (Å²) in [4.78, 5) is 5.15. The zero-order valence-corrected chi connectivity index (χ0v) is 18.2. The van der Waals surface area contributed by atoms with Gasteiger partial charge in [0, 0.05) is 10.8 Å². The highest BCUT2D eigenvalue weighted by molar-refractivity contribution is 8.00. The van der Waals surface area contributed by atoms with Crippen LogP contribution in [0.3, 0.4) is 0 Å². The minimum Gasteiger partial charge on any atom is -0.255 e. The van der Waals surface area contributed by atoms with E-state index < -0.39 is 0 Å². The van der Waals surface area contributed by atoms with E-state index in [-0.39, 0.29) is 4.87 Å². The third kappa shape index (κ3) is 4.49. The van der Waals surface area contributed by atoms with Crippen molar-refractivity contribution in [1.29, 1.82) is 0 Å². The van der Waals surface area contributed by atoms with Gasteiger partial charge in [-0.25, -0.2) is 4.99 Å². The predicted octanol–water partition coefficient (Wildman–Crippen LogP) is 6.69. The molecule has 0 amide bonds. The molecule has 0 radical (unpaired) electrons. The fourth-order valence-corrected chi connectivity index (χ4v) is 5.92. The summed E-state index contributed by atoms with van der Waals surface area (Å²) in [5.41, 5.74) is 1.39. The lowest BCUT2D eigenvalue weighted by Gasteiger charge is -2.28. The van der Waals surface area contributed by atoms with E-state index >= 15 is 0 Å². The first-order chi connectivity index (χ1) is 12.9. The van der Waals surface area contributed by atoms with Crippen LogP contribution in [0.1, 0.15) is 19.3 Å². The normalized spacial score (nSPS) is 31.7. The van der Waals surface area contributed by atoms with Crippen molar-refractivity contribution < 1.29 is 4.48 Å². The Morgan fingerprint density at radius 2 is 2.11 bits per heavy atom. The molecule has 4 atom stereocenters. The van der Waals surface area contributed by atoms with Gasteiger partial charge in [0.1, 0.15) is 12.7 Å². The van der Waals surface area contributed by atoms with Gasteiger partial charge in [-0.2, -0.15) is 0 Å². The Bertz CT molecular complexity index is 829. The van der Waals surface area contributed by atoms with Gasteiger partial charge in [0.2, 0.25) is 0 Å². The van der Waals surface area contributed by atoms with Crippen molar-refractivity contribution in [1.82, 2.24) is 0 Å². The summed E-state index contributed by atoms with van der Waals surface area (Å²) >= 11 is 21.1. The number of allylic oxidation sites excluding steroid dienone is 4. The van der Waals surface area contributed by atoms with Gasteiger partial charge in [-0.1, -0.05) is 53.1 Å². The van der Waals surface area contributed by atoms with Crippen LogP contribution in [0.15, 0.2) is 64.3 Å². The van der Waals surface area contributed by atoms with Crippen molar-refractivity contribution in [2.45, 2.75) is 34.3 Å². The molecule has 6 heteroatoms. The third-order valence-electron chi connectivity index (χ3n) is 5.36. The summed E-state index contributed by atoms with van der Waals surface area (Å²) in [7, 11) is 2.17. The number of hydrogen-bond acceptors (Lipinski definition) is 2.